The fourth-order valence-electron chi connectivity index (χ4n) is 1.26. The molecule has 0 aliphatic carbocycles. The van der Waals surface area contributed by atoms with Crippen molar-refractivity contribution in [3.8, 4) is 6.07 Å². The van der Waals surface area contributed by atoms with Crippen LogP contribution < -0.4 is 5.32 Å². The summed E-state index contributed by atoms with van der Waals surface area (Å²) >= 11 is 0. The van der Waals surface area contributed by atoms with E-state index in [1.54, 1.807) is 0 Å². The van der Waals surface area contributed by atoms with Gasteiger partial charge in [0.05, 0.1) is 17.4 Å². The maximum atomic E-state index is 13.3. The summed E-state index contributed by atoms with van der Waals surface area (Å²) in [4.78, 5) is 0. The van der Waals surface area contributed by atoms with E-state index >= 15 is 0 Å². The van der Waals surface area contributed by atoms with Crippen molar-refractivity contribution in [1.82, 2.24) is 5.32 Å². The van der Waals surface area contributed by atoms with Crippen molar-refractivity contribution in [2.45, 2.75) is 6.54 Å². The van der Waals surface area contributed by atoms with Crippen LogP contribution in [0.3, 0.4) is 0 Å². The number of nitrogens with one attached hydrogen (secondary N) is 1. The monoisotopic (exact) mass is 256 g/mol. The van der Waals surface area contributed by atoms with Crippen LogP contribution in [-0.4, -0.2) is 27.0 Å². The molecule has 0 saturated heterocycles. The van der Waals surface area contributed by atoms with Gasteiger partial charge in [-0.25, -0.2) is 12.8 Å². The average Bonchev–Trinajstić information content (AvgIpc) is 2.25. The predicted octanol–water partition coefficient (Wildman–Crippen LogP) is 0.832. The van der Waals surface area contributed by atoms with Gasteiger partial charge in [-0.05, 0) is 18.2 Å². The van der Waals surface area contributed by atoms with E-state index in [4.69, 9.17) is 5.26 Å². The molecule has 0 aliphatic heterocycles. The van der Waals surface area contributed by atoms with E-state index in [-0.39, 0.29) is 18.8 Å². The molecule has 0 aromatic heterocycles. The second-order valence-electron chi connectivity index (χ2n) is 3.72. The number of benzene rings is 1. The minimum Gasteiger partial charge on any atom is -0.312 e. The molecule has 0 amide bonds. The van der Waals surface area contributed by atoms with Gasteiger partial charge in [0.25, 0.3) is 0 Å². The topological polar surface area (TPSA) is 70.0 Å². The molecule has 1 aromatic carbocycles. The molecule has 1 N–H and O–H groups in total. The summed E-state index contributed by atoms with van der Waals surface area (Å²) in [5.41, 5.74) is 0.740. The van der Waals surface area contributed by atoms with E-state index in [2.05, 4.69) is 5.32 Å². The van der Waals surface area contributed by atoms with Gasteiger partial charge < -0.3 is 5.32 Å². The van der Waals surface area contributed by atoms with Crippen molar-refractivity contribution in [1.29, 1.82) is 5.26 Å². The molecule has 4 nitrogen and oxygen atoms in total. The zero-order valence-electron chi connectivity index (χ0n) is 9.40. The van der Waals surface area contributed by atoms with Gasteiger partial charge in [-0.1, -0.05) is 0 Å². The minimum absolute atomic E-state index is 0.00651. The predicted molar refractivity (Wildman–Crippen MR) is 62.5 cm³/mol. The normalized spacial score (nSPS) is 11.1. The molecule has 0 fully saturated rings. The molecule has 0 radical (unpaired) electrons. The summed E-state index contributed by atoms with van der Waals surface area (Å²) in [6.45, 7) is 0.464. The van der Waals surface area contributed by atoms with Crippen molar-refractivity contribution in [3.63, 3.8) is 0 Å². The minimum atomic E-state index is -3.01. The Bertz CT molecular complexity index is 535. The van der Waals surface area contributed by atoms with E-state index in [0.717, 1.165) is 6.26 Å². The lowest BCUT2D eigenvalue weighted by Gasteiger charge is -2.05. The van der Waals surface area contributed by atoms with E-state index in [1.165, 1.54) is 18.2 Å². The first-order valence-corrected chi connectivity index (χ1v) is 7.05. The lowest BCUT2D eigenvalue weighted by Crippen LogP contribution is -2.22. The lowest BCUT2D eigenvalue weighted by atomic mass is 10.1. The van der Waals surface area contributed by atoms with Crippen LogP contribution in [0.1, 0.15) is 11.1 Å². The van der Waals surface area contributed by atoms with Crippen LogP contribution in [-0.2, 0) is 16.4 Å². The first-order valence-electron chi connectivity index (χ1n) is 4.99. The fourth-order valence-corrected chi connectivity index (χ4v) is 1.78. The van der Waals surface area contributed by atoms with Crippen LogP contribution in [0.15, 0.2) is 18.2 Å². The Morgan fingerprint density at radius 2 is 2.18 bits per heavy atom. The standard InChI is InChI=1S/C11H13FN2O2S/c1-17(15,16)5-4-14-8-10-6-9(7-13)2-3-11(10)12/h2-3,6,14H,4-5,8H2,1H3. The van der Waals surface area contributed by atoms with Crippen molar-refractivity contribution in [3.05, 3.63) is 35.1 Å². The van der Waals surface area contributed by atoms with Crippen LogP contribution in [0.5, 0.6) is 0 Å². The van der Waals surface area contributed by atoms with Gasteiger partial charge in [-0.2, -0.15) is 5.26 Å². The van der Waals surface area contributed by atoms with Gasteiger partial charge >= 0.3 is 0 Å². The number of sulfone groups is 1. The van der Waals surface area contributed by atoms with Gasteiger partial charge in [0.2, 0.25) is 0 Å². The first kappa shape index (κ1) is 13.6. The molecule has 0 saturated carbocycles. The maximum Gasteiger partial charge on any atom is 0.148 e. The summed E-state index contributed by atoms with van der Waals surface area (Å²) in [5.74, 6) is -0.400. The van der Waals surface area contributed by atoms with Gasteiger partial charge in [-0.3, -0.25) is 0 Å². The number of rotatable bonds is 5. The van der Waals surface area contributed by atoms with Gasteiger partial charge in [0.15, 0.2) is 0 Å². The van der Waals surface area contributed by atoms with Gasteiger partial charge in [0, 0.05) is 24.9 Å². The molecule has 6 heteroatoms. The molecule has 0 spiro atoms. The third-order valence-corrected chi connectivity index (χ3v) is 3.09. The molecular formula is C11H13FN2O2S. The smallest absolute Gasteiger partial charge is 0.148 e. The largest absolute Gasteiger partial charge is 0.312 e. The van der Waals surface area contributed by atoms with E-state index in [1.807, 2.05) is 6.07 Å². The quantitative estimate of drug-likeness (QED) is 0.792. The zero-order valence-corrected chi connectivity index (χ0v) is 10.2. The summed E-state index contributed by atoms with van der Waals surface area (Å²) in [7, 11) is -3.01. The molecule has 17 heavy (non-hydrogen) atoms. The third-order valence-electron chi connectivity index (χ3n) is 2.14. The number of halogens is 1. The molecule has 1 rings (SSSR count). The Kier molecular flexibility index (Phi) is 4.61. The Morgan fingerprint density at radius 3 is 2.76 bits per heavy atom. The van der Waals surface area contributed by atoms with Gasteiger partial charge in [-0.15, -0.1) is 0 Å². The van der Waals surface area contributed by atoms with E-state index < -0.39 is 15.7 Å². The molecule has 1 aromatic rings. The van der Waals surface area contributed by atoms with Crippen LogP contribution >= 0.6 is 0 Å². The Hall–Kier alpha value is -1.45. The van der Waals surface area contributed by atoms with Crippen molar-refractivity contribution in [2.75, 3.05) is 18.6 Å². The zero-order chi connectivity index (χ0) is 12.9. The van der Waals surface area contributed by atoms with Crippen LogP contribution in [0.4, 0.5) is 4.39 Å². The summed E-state index contributed by atoms with van der Waals surface area (Å²) in [6.07, 6.45) is 1.14. The number of nitrogens with zero attached hydrogens (tertiary/aromatic N) is 1. The Labute approximate surface area is 100.0 Å². The van der Waals surface area contributed by atoms with E-state index in [0.29, 0.717) is 11.1 Å². The van der Waals surface area contributed by atoms with Crippen LogP contribution in [0, 0.1) is 17.1 Å². The first-order chi connectivity index (χ1) is 7.92. The number of hydrogen-bond acceptors (Lipinski definition) is 4. The highest BCUT2D eigenvalue weighted by Crippen LogP contribution is 2.09. The summed E-state index contributed by atoms with van der Waals surface area (Å²) in [5, 5.41) is 11.5. The van der Waals surface area contributed by atoms with Crippen molar-refractivity contribution in [2.24, 2.45) is 0 Å². The highest BCUT2D eigenvalue weighted by molar-refractivity contribution is 7.90. The highest BCUT2D eigenvalue weighted by atomic mass is 32.2. The Balaban J connectivity index is 2.55. The third kappa shape index (κ3) is 4.93. The fraction of sp³-hybridized carbons (Fsp3) is 0.364. The van der Waals surface area contributed by atoms with Crippen LogP contribution in [0.25, 0.3) is 0 Å². The second kappa shape index (κ2) is 5.75. The van der Waals surface area contributed by atoms with E-state index in [9.17, 15) is 12.8 Å². The molecule has 0 atom stereocenters. The molecule has 0 aliphatic rings. The second-order valence-corrected chi connectivity index (χ2v) is 5.98. The SMILES string of the molecule is CS(=O)(=O)CCNCc1cc(C#N)ccc1F. The molecule has 92 valence electrons. The number of hydrogen-bond donors (Lipinski definition) is 1. The van der Waals surface area contributed by atoms with Crippen molar-refractivity contribution >= 4 is 9.84 Å². The van der Waals surface area contributed by atoms with Crippen LogP contribution in [0.2, 0.25) is 0 Å². The number of nitriles is 1. The molecular weight excluding hydrogens is 243 g/mol. The Morgan fingerprint density at radius 1 is 1.47 bits per heavy atom. The molecule has 0 bridgehead atoms. The molecule has 0 unspecified atom stereocenters. The summed E-state index contributed by atoms with van der Waals surface area (Å²) < 4.78 is 35.0. The van der Waals surface area contributed by atoms with Gasteiger partial charge in [0.1, 0.15) is 15.7 Å². The highest BCUT2D eigenvalue weighted by Gasteiger charge is 2.05. The lowest BCUT2D eigenvalue weighted by molar-refractivity contribution is 0.585. The maximum absolute atomic E-state index is 13.3. The molecule has 0 heterocycles. The summed E-state index contributed by atoms with van der Waals surface area (Å²) in [6, 6.07) is 5.99. The van der Waals surface area contributed by atoms with Crippen molar-refractivity contribution < 1.29 is 12.8 Å². The average molecular weight is 256 g/mol.